The molecule has 0 amide bonds. The minimum Gasteiger partial charge on any atom is -0.378 e. The fourth-order valence-electron chi connectivity index (χ4n) is 5.11. The number of aryl methyl sites for hydroxylation is 1. The molecule has 3 aliphatic rings. The van der Waals surface area contributed by atoms with E-state index in [1.54, 1.807) is 0 Å². The number of nitrogens with zero attached hydrogens (tertiary/aromatic N) is 7. The second-order valence-corrected chi connectivity index (χ2v) is 10.8. The Morgan fingerprint density at radius 1 is 1.03 bits per heavy atom. The summed E-state index contributed by atoms with van der Waals surface area (Å²) in [5, 5.41) is 0.267. The molecular formula is C21H32ClN7O2S. The quantitative estimate of drug-likeness (QED) is 0.592. The van der Waals surface area contributed by atoms with Crippen molar-refractivity contribution in [1.82, 2.24) is 29.3 Å². The highest BCUT2D eigenvalue weighted by Crippen LogP contribution is 2.28. The van der Waals surface area contributed by atoms with Gasteiger partial charge < -0.3 is 14.2 Å². The van der Waals surface area contributed by atoms with Crippen molar-refractivity contribution >= 4 is 39.4 Å². The molecule has 11 heteroatoms. The summed E-state index contributed by atoms with van der Waals surface area (Å²) >= 11 is 6.32. The lowest BCUT2D eigenvalue weighted by molar-refractivity contribution is 0.109. The molecule has 3 aliphatic heterocycles. The first-order valence-corrected chi connectivity index (χ1v) is 13.6. The Labute approximate surface area is 196 Å². The van der Waals surface area contributed by atoms with Crippen molar-refractivity contribution < 1.29 is 8.95 Å². The SMILES string of the molecule is CCn1c(CN2CCC(N3CCS(=O)CC3)CC2)nc2c(N3CCOCC3)nc(Cl)nc21. The second-order valence-electron chi connectivity index (χ2n) is 8.75. The topological polar surface area (TPSA) is 79.6 Å². The zero-order valence-electron chi connectivity index (χ0n) is 18.7. The smallest absolute Gasteiger partial charge is 0.226 e. The number of halogens is 1. The number of imidazole rings is 1. The van der Waals surface area contributed by atoms with E-state index in [1.807, 2.05) is 0 Å². The third-order valence-electron chi connectivity index (χ3n) is 6.91. The first-order chi connectivity index (χ1) is 15.6. The van der Waals surface area contributed by atoms with Gasteiger partial charge in [-0.1, -0.05) is 0 Å². The summed E-state index contributed by atoms with van der Waals surface area (Å²) in [5.41, 5.74) is 1.66. The van der Waals surface area contributed by atoms with E-state index >= 15 is 0 Å². The average molecular weight is 482 g/mol. The summed E-state index contributed by atoms with van der Waals surface area (Å²) in [6.45, 7) is 10.7. The van der Waals surface area contributed by atoms with Gasteiger partial charge in [0.05, 0.1) is 19.8 Å². The summed E-state index contributed by atoms with van der Waals surface area (Å²) in [4.78, 5) is 21.3. The zero-order chi connectivity index (χ0) is 22.1. The molecule has 5 rings (SSSR count). The van der Waals surface area contributed by atoms with Gasteiger partial charge in [-0.3, -0.25) is 14.0 Å². The predicted molar refractivity (Wildman–Crippen MR) is 127 cm³/mol. The molecule has 5 heterocycles. The summed E-state index contributed by atoms with van der Waals surface area (Å²) in [5.74, 6) is 3.50. The Kier molecular flexibility index (Phi) is 6.94. The van der Waals surface area contributed by atoms with Gasteiger partial charge in [-0.15, -0.1) is 0 Å². The Balaban J connectivity index is 1.32. The van der Waals surface area contributed by atoms with Crippen LogP contribution < -0.4 is 4.90 Å². The fourth-order valence-corrected chi connectivity index (χ4v) is 6.35. The van der Waals surface area contributed by atoms with Crippen LogP contribution in [0.15, 0.2) is 0 Å². The molecule has 0 saturated carbocycles. The summed E-state index contributed by atoms with van der Waals surface area (Å²) in [7, 11) is -0.610. The third kappa shape index (κ3) is 4.65. The molecular weight excluding hydrogens is 450 g/mol. The molecule has 9 nitrogen and oxygen atoms in total. The molecule has 0 radical (unpaired) electrons. The molecule has 176 valence electrons. The number of hydrogen-bond acceptors (Lipinski definition) is 8. The van der Waals surface area contributed by atoms with Crippen LogP contribution in [0.2, 0.25) is 5.28 Å². The normalized spacial score (nSPS) is 22.8. The van der Waals surface area contributed by atoms with Crippen molar-refractivity contribution in [3.05, 3.63) is 11.1 Å². The molecule has 3 saturated heterocycles. The van der Waals surface area contributed by atoms with E-state index in [2.05, 4.69) is 36.2 Å². The van der Waals surface area contributed by atoms with E-state index < -0.39 is 10.8 Å². The van der Waals surface area contributed by atoms with Crippen molar-refractivity contribution in [1.29, 1.82) is 0 Å². The average Bonchev–Trinajstić information content (AvgIpc) is 3.17. The molecule has 2 aromatic rings. The van der Waals surface area contributed by atoms with E-state index in [0.29, 0.717) is 19.3 Å². The first kappa shape index (κ1) is 22.5. The van der Waals surface area contributed by atoms with Crippen LogP contribution in [-0.4, -0.2) is 104 Å². The molecule has 0 unspecified atom stereocenters. The van der Waals surface area contributed by atoms with Gasteiger partial charge in [-0.05, 0) is 31.4 Å². The van der Waals surface area contributed by atoms with E-state index in [-0.39, 0.29) is 5.28 Å². The van der Waals surface area contributed by atoms with Gasteiger partial charge in [-0.2, -0.15) is 9.97 Å². The van der Waals surface area contributed by atoms with Crippen LogP contribution in [0.4, 0.5) is 5.82 Å². The van der Waals surface area contributed by atoms with Crippen LogP contribution >= 0.6 is 11.6 Å². The number of fused-ring (bicyclic) bond motifs is 1. The van der Waals surface area contributed by atoms with Crippen LogP contribution in [0.3, 0.4) is 0 Å². The largest absolute Gasteiger partial charge is 0.378 e. The summed E-state index contributed by atoms with van der Waals surface area (Å²) in [6, 6.07) is 0.617. The number of hydrogen-bond donors (Lipinski definition) is 0. The van der Waals surface area contributed by atoms with E-state index in [1.165, 1.54) is 0 Å². The number of aromatic nitrogens is 4. The van der Waals surface area contributed by atoms with Crippen LogP contribution in [0.5, 0.6) is 0 Å². The maximum absolute atomic E-state index is 11.7. The highest BCUT2D eigenvalue weighted by atomic mass is 35.5. The van der Waals surface area contributed by atoms with Crippen molar-refractivity contribution in [2.45, 2.75) is 38.9 Å². The molecule has 32 heavy (non-hydrogen) atoms. The van der Waals surface area contributed by atoms with E-state index in [9.17, 15) is 4.21 Å². The van der Waals surface area contributed by atoms with Gasteiger partial charge in [-0.25, -0.2) is 4.98 Å². The maximum atomic E-state index is 11.7. The van der Waals surface area contributed by atoms with Gasteiger partial charge in [0.2, 0.25) is 5.28 Å². The lowest BCUT2D eigenvalue weighted by Crippen LogP contribution is -2.49. The number of likely N-dealkylation sites (tertiary alicyclic amines) is 1. The Hall–Kier alpha value is -1.33. The predicted octanol–water partition coefficient (Wildman–Crippen LogP) is 1.36. The summed E-state index contributed by atoms with van der Waals surface area (Å²) < 4.78 is 19.3. The number of anilines is 1. The highest BCUT2D eigenvalue weighted by molar-refractivity contribution is 7.85. The highest BCUT2D eigenvalue weighted by Gasteiger charge is 2.28. The number of piperidine rings is 1. The van der Waals surface area contributed by atoms with Crippen molar-refractivity contribution in [2.75, 3.05) is 68.9 Å². The minimum atomic E-state index is -0.610. The van der Waals surface area contributed by atoms with Gasteiger partial charge in [0.15, 0.2) is 17.0 Å². The van der Waals surface area contributed by atoms with Gasteiger partial charge in [0.25, 0.3) is 0 Å². The fraction of sp³-hybridized carbons (Fsp3) is 0.762. The Morgan fingerprint density at radius 3 is 2.44 bits per heavy atom. The molecule has 0 bridgehead atoms. The Morgan fingerprint density at radius 2 is 1.75 bits per heavy atom. The molecule has 0 atom stereocenters. The van der Waals surface area contributed by atoms with E-state index in [4.69, 9.17) is 21.3 Å². The molecule has 2 aromatic heterocycles. The lowest BCUT2D eigenvalue weighted by atomic mass is 10.0. The molecule has 0 aromatic carbocycles. The Bertz CT molecular complexity index is 963. The molecule has 0 spiro atoms. The van der Waals surface area contributed by atoms with Crippen LogP contribution in [0.25, 0.3) is 11.2 Å². The maximum Gasteiger partial charge on any atom is 0.226 e. The molecule has 0 N–H and O–H groups in total. The van der Waals surface area contributed by atoms with Gasteiger partial charge in [0.1, 0.15) is 5.82 Å². The second kappa shape index (κ2) is 9.89. The lowest BCUT2D eigenvalue weighted by Gasteiger charge is -2.39. The minimum absolute atomic E-state index is 0.267. The van der Waals surface area contributed by atoms with Crippen molar-refractivity contribution in [2.24, 2.45) is 0 Å². The van der Waals surface area contributed by atoms with Gasteiger partial charge in [0, 0.05) is 74.2 Å². The van der Waals surface area contributed by atoms with Crippen LogP contribution in [0, 0.1) is 0 Å². The number of ether oxygens (including phenoxy) is 1. The summed E-state index contributed by atoms with van der Waals surface area (Å²) in [6.07, 6.45) is 2.31. The third-order valence-corrected chi connectivity index (χ3v) is 8.35. The monoisotopic (exact) mass is 481 g/mol. The molecule has 3 fully saturated rings. The van der Waals surface area contributed by atoms with Crippen LogP contribution in [-0.2, 0) is 28.6 Å². The first-order valence-electron chi connectivity index (χ1n) is 11.7. The number of rotatable bonds is 5. The standard InChI is InChI=1S/C21H32ClN7O2S/c1-2-29-17(15-26-5-3-16(4-6-26)27-9-13-32(30)14-10-27)23-18-19(24-21(22)25-20(18)29)28-7-11-31-12-8-28/h16H,2-15H2,1H3. The van der Waals surface area contributed by atoms with Gasteiger partial charge >= 0.3 is 0 Å². The molecule has 0 aliphatic carbocycles. The van der Waals surface area contributed by atoms with E-state index in [0.717, 1.165) is 99.5 Å². The van der Waals surface area contributed by atoms with Crippen molar-refractivity contribution in [3.8, 4) is 0 Å². The zero-order valence-corrected chi connectivity index (χ0v) is 20.3. The van der Waals surface area contributed by atoms with Crippen molar-refractivity contribution in [3.63, 3.8) is 0 Å². The number of morpholine rings is 1. The van der Waals surface area contributed by atoms with Crippen LogP contribution in [0.1, 0.15) is 25.6 Å².